The highest BCUT2D eigenvalue weighted by atomic mass is 16.3. The SMILES string of the molecule is C=CC1CNCCC1CC(=O)c1[nH]c2ccccc2c1CCO. The summed E-state index contributed by atoms with van der Waals surface area (Å²) in [7, 11) is 0. The Hall–Kier alpha value is -1.91. The standard InChI is InChI=1S/C19H24N2O2/c1-2-13-12-20-9-7-14(13)11-18(23)19-16(8-10-22)15-5-3-4-6-17(15)21-19/h2-6,13-14,20-22H,1,7-12H2. The molecule has 1 fully saturated rings. The summed E-state index contributed by atoms with van der Waals surface area (Å²) < 4.78 is 0. The Morgan fingerprint density at radius 1 is 1.39 bits per heavy atom. The molecule has 0 amide bonds. The van der Waals surface area contributed by atoms with Gasteiger partial charge >= 0.3 is 0 Å². The van der Waals surface area contributed by atoms with Gasteiger partial charge < -0.3 is 15.4 Å². The number of nitrogens with one attached hydrogen (secondary N) is 2. The van der Waals surface area contributed by atoms with Crippen molar-refractivity contribution < 1.29 is 9.90 Å². The number of aliphatic hydroxyl groups is 1. The molecule has 0 bridgehead atoms. The van der Waals surface area contributed by atoms with Crippen molar-refractivity contribution in [3.05, 3.63) is 48.2 Å². The Kier molecular flexibility index (Phi) is 4.94. The smallest absolute Gasteiger partial charge is 0.179 e. The van der Waals surface area contributed by atoms with E-state index in [1.807, 2.05) is 30.3 Å². The molecule has 1 aromatic heterocycles. The molecule has 0 aliphatic carbocycles. The Morgan fingerprint density at radius 2 is 2.22 bits per heavy atom. The Morgan fingerprint density at radius 3 is 3.00 bits per heavy atom. The maximum atomic E-state index is 12.9. The highest BCUT2D eigenvalue weighted by molar-refractivity contribution is 6.02. The second-order valence-electron chi connectivity index (χ2n) is 6.28. The van der Waals surface area contributed by atoms with E-state index in [0.29, 0.717) is 30.4 Å². The van der Waals surface area contributed by atoms with Crippen molar-refractivity contribution in [2.45, 2.75) is 19.3 Å². The molecule has 0 spiro atoms. The number of aliphatic hydroxyl groups excluding tert-OH is 1. The molecule has 1 aliphatic heterocycles. The second-order valence-corrected chi connectivity index (χ2v) is 6.28. The van der Waals surface area contributed by atoms with Crippen LogP contribution < -0.4 is 5.32 Å². The average molecular weight is 312 g/mol. The molecule has 122 valence electrons. The summed E-state index contributed by atoms with van der Waals surface area (Å²) in [5, 5.41) is 13.8. The summed E-state index contributed by atoms with van der Waals surface area (Å²) >= 11 is 0. The van der Waals surface area contributed by atoms with Crippen LogP contribution in [0.5, 0.6) is 0 Å². The first-order valence-corrected chi connectivity index (χ1v) is 8.31. The van der Waals surface area contributed by atoms with E-state index < -0.39 is 0 Å². The van der Waals surface area contributed by atoms with E-state index in [0.717, 1.165) is 36.0 Å². The zero-order chi connectivity index (χ0) is 16.2. The summed E-state index contributed by atoms with van der Waals surface area (Å²) in [4.78, 5) is 16.1. The maximum Gasteiger partial charge on any atom is 0.179 e. The lowest BCUT2D eigenvalue weighted by molar-refractivity contribution is 0.0934. The van der Waals surface area contributed by atoms with Gasteiger partial charge in [0.1, 0.15) is 0 Å². The van der Waals surface area contributed by atoms with Crippen molar-refractivity contribution in [2.75, 3.05) is 19.7 Å². The number of hydrogen-bond donors (Lipinski definition) is 3. The minimum absolute atomic E-state index is 0.0464. The number of ketones is 1. The van der Waals surface area contributed by atoms with Crippen LogP contribution in [-0.2, 0) is 6.42 Å². The van der Waals surface area contributed by atoms with Crippen molar-refractivity contribution in [1.29, 1.82) is 0 Å². The Balaban J connectivity index is 1.88. The molecule has 4 nitrogen and oxygen atoms in total. The number of H-pyrrole nitrogens is 1. The molecule has 0 radical (unpaired) electrons. The number of rotatable bonds is 6. The lowest BCUT2D eigenvalue weighted by Crippen LogP contribution is -2.36. The van der Waals surface area contributed by atoms with Gasteiger partial charge in [-0.2, -0.15) is 0 Å². The molecule has 1 aliphatic rings. The average Bonchev–Trinajstić information content (AvgIpc) is 2.95. The predicted octanol–water partition coefficient (Wildman–Crippen LogP) is 2.69. The van der Waals surface area contributed by atoms with Crippen molar-refractivity contribution in [2.24, 2.45) is 11.8 Å². The minimum Gasteiger partial charge on any atom is -0.396 e. The van der Waals surface area contributed by atoms with Crippen LogP contribution in [-0.4, -0.2) is 35.6 Å². The summed E-state index contributed by atoms with van der Waals surface area (Å²) in [6.45, 7) is 5.81. The molecule has 2 unspecified atom stereocenters. The molecular formula is C19H24N2O2. The number of hydrogen-bond acceptors (Lipinski definition) is 3. The van der Waals surface area contributed by atoms with Crippen LogP contribution in [0.25, 0.3) is 10.9 Å². The van der Waals surface area contributed by atoms with Gasteiger partial charge in [-0.25, -0.2) is 0 Å². The number of Topliss-reactive ketones (excluding diaryl/α,β-unsaturated/α-hetero) is 1. The van der Waals surface area contributed by atoms with Gasteiger partial charge in [0.25, 0.3) is 0 Å². The summed E-state index contributed by atoms with van der Waals surface area (Å²) in [6, 6.07) is 7.90. The van der Waals surface area contributed by atoms with Crippen LogP contribution in [0.2, 0.25) is 0 Å². The van der Waals surface area contributed by atoms with Crippen LogP contribution in [0.1, 0.15) is 28.9 Å². The summed E-state index contributed by atoms with van der Waals surface area (Å²) in [6.07, 6.45) is 3.99. The predicted molar refractivity (Wildman–Crippen MR) is 92.7 cm³/mol. The van der Waals surface area contributed by atoms with Crippen LogP contribution in [0.4, 0.5) is 0 Å². The van der Waals surface area contributed by atoms with Gasteiger partial charge in [-0.15, -0.1) is 6.58 Å². The molecule has 1 aromatic carbocycles. The van der Waals surface area contributed by atoms with Gasteiger partial charge in [0, 0.05) is 30.5 Å². The van der Waals surface area contributed by atoms with Gasteiger partial charge in [-0.1, -0.05) is 24.3 Å². The number of benzene rings is 1. The highest BCUT2D eigenvalue weighted by Gasteiger charge is 2.27. The van der Waals surface area contributed by atoms with Gasteiger partial charge in [0.2, 0.25) is 0 Å². The Labute approximate surface area is 136 Å². The highest BCUT2D eigenvalue weighted by Crippen LogP contribution is 2.28. The fourth-order valence-electron chi connectivity index (χ4n) is 3.62. The third-order valence-corrected chi connectivity index (χ3v) is 4.88. The van der Waals surface area contributed by atoms with E-state index in [1.165, 1.54) is 0 Å². The van der Waals surface area contributed by atoms with Gasteiger partial charge in [-0.05, 0) is 42.9 Å². The first-order valence-electron chi connectivity index (χ1n) is 8.31. The van der Waals surface area contributed by atoms with E-state index in [1.54, 1.807) is 0 Å². The molecular weight excluding hydrogens is 288 g/mol. The van der Waals surface area contributed by atoms with Crippen LogP contribution in [0.15, 0.2) is 36.9 Å². The first kappa shape index (κ1) is 16.0. The first-order chi connectivity index (χ1) is 11.2. The van der Waals surface area contributed by atoms with E-state index in [2.05, 4.69) is 16.9 Å². The van der Waals surface area contributed by atoms with Crippen molar-refractivity contribution in [3.8, 4) is 0 Å². The fraction of sp³-hybridized carbons (Fsp3) is 0.421. The number of aromatic nitrogens is 1. The van der Waals surface area contributed by atoms with E-state index in [-0.39, 0.29) is 12.4 Å². The fourth-order valence-corrected chi connectivity index (χ4v) is 3.62. The lowest BCUT2D eigenvalue weighted by atomic mass is 9.82. The van der Waals surface area contributed by atoms with Gasteiger partial charge in [0.05, 0.1) is 5.69 Å². The van der Waals surface area contributed by atoms with Crippen molar-refractivity contribution >= 4 is 16.7 Å². The number of para-hydroxylation sites is 1. The third-order valence-electron chi connectivity index (χ3n) is 4.88. The van der Waals surface area contributed by atoms with E-state index in [9.17, 15) is 9.90 Å². The molecule has 4 heteroatoms. The number of piperidine rings is 1. The van der Waals surface area contributed by atoms with E-state index in [4.69, 9.17) is 0 Å². The molecule has 23 heavy (non-hydrogen) atoms. The number of fused-ring (bicyclic) bond motifs is 1. The Bertz CT molecular complexity index is 704. The van der Waals surface area contributed by atoms with Crippen LogP contribution >= 0.6 is 0 Å². The van der Waals surface area contributed by atoms with Crippen molar-refractivity contribution in [3.63, 3.8) is 0 Å². The monoisotopic (exact) mass is 312 g/mol. The molecule has 3 rings (SSSR count). The van der Waals surface area contributed by atoms with Gasteiger partial charge in [0.15, 0.2) is 5.78 Å². The minimum atomic E-state index is 0.0464. The molecule has 3 N–H and O–H groups in total. The third kappa shape index (κ3) is 3.23. The van der Waals surface area contributed by atoms with Gasteiger partial charge in [-0.3, -0.25) is 4.79 Å². The molecule has 0 saturated carbocycles. The zero-order valence-electron chi connectivity index (χ0n) is 13.3. The quantitative estimate of drug-likeness (QED) is 0.567. The molecule has 2 heterocycles. The summed E-state index contributed by atoms with van der Waals surface area (Å²) in [5.41, 5.74) is 2.57. The second kappa shape index (κ2) is 7.11. The molecule has 1 saturated heterocycles. The van der Waals surface area contributed by atoms with Crippen LogP contribution in [0.3, 0.4) is 0 Å². The number of carbonyl (C=O) groups is 1. The molecule has 2 aromatic rings. The summed E-state index contributed by atoms with van der Waals surface area (Å²) in [5.74, 6) is 0.830. The van der Waals surface area contributed by atoms with E-state index >= 15 is 0 Å². The number of aromatic amines is 1. The zero-order valence-corrected chi connectivity index (χ0v) is 13.3. The maximum absolute atomic E-state index is 12.9. The topological polar surface area (TPSA) is 65.1 Å². The number of carbonyl (C=O) groups excluding carboxylic acids is 1. The van der Waals surface area contributed by atoms with Crippen LogP contribution in [0, 0.1) is 11.8 Å². The largest absolute Gasteiger partial charge is 0.396 e. The molecule has 2 atom stereocenters. The lowest BCUT2D eigenvalue weighted by Gasteiger charge is -2.29. The normalized spacial score (nSPS) is 21.4. The van der Waals surface area contributed by atoms with Crippen molar-refractivity contribution in [1.82, 2.24) is 10.3 Å².